The van der Waals surface area contributed by atoms with E-state index in [2.05, 4.69) is 35.4 Å². The van der Waals surface area contributed by atoms with Crippen LogP contribution in [0, 0.1) is 35.5 Å². The number of nitrogens with one attached hydrogen (secondary N) is 2. The lowest BCUT2D eigenvalue weighted by molar-refractivity contribution is 0.0570. The highest BCUT2D eigenvalue weighted by molar-refractivity contribution is 6.31. The van der Waals surface area contributed by atoms with Crippen molar-refractivity contribution < 1.29 is 24.0 Å². The van der Waals surface area contributed by atoms with Gasteiger partial charge in [0.05, 0.1) is 11.1 Å². The molecule has 6 unspecified atom stereocenters. The van der Waals surface area contributed by atoms with Gasteiger partial charge in [-0.05, 0) is 146 Å². The Kier molecular flexibility index (Phi) is 10.6. The van der Waals surface area contributed by atoms with Crippen LogP contribution in [0.2, 0.25) is 10.0 Å². The van der Waals surface area contributed by atoms with Gasteiger partial charge in [-0.25, -0.2) is 0 Å². The van der Waals surface area contributed by atoms with Crippen molar-refractivity contribution in [2.45, 2.75) is 83.1 Å². The van der Waals surface area contributed by atoms with Gasteiger partial charge >= 0.3 is 0 Å². The second-order valence-electron chi connectivity index (χ2n) is 17.2. The maximum absolute atomic E-state index is 12.8. The zero-order chi connectivity index (χ0) is 41.1. The van der Waals surface area contributed by atoms with Crippen molar-refractivity contribution in [3.8, 4) is 0 Å². The third kappa shape index (κ3) is 7.35. The molecule has 10 rings (SSSR count). The van der Waals surface area contributed by atoms with E-state index in [0.29, 0.717) is 73.8 Å². The molecular formula is C48H48Cl2N4O5. The lowest BCUT2D eigenvalue weighted by Crippen LogP contribution is -2.41. The second-order valence-corrected chi connectivity index (χ2v) is 18.0. The molecule has 11 heteroatoms. The summed E-state index contributed by atoms with van der Waals surface area (Å²) in [5.74, 6) is 2.84. The minimum atomic E-state index is -0.165. The molecule has 0 spiro atoms. The molecule has 2 N–H and O–H groups in total. The van der Waals surface area contributed by atoms with Gasteiger partial charge in [0.15, 0.2) is 0 Å². The van der Waals surface area contributed by atoms with Crippen LogP contribution < -0.4 is 10.6 Å². The highest BCUT2D eigenvalue weighted by Gasteiger charge is 2.62. The van der Waals surface area contributed by atoms with E-state index in [4.69, 9.17) is 23.2 Å². The minimum Gasteiger partial charge on any atom is -0.349 e. The van der Waals surface area contributed by atoms with Crippen LogP contribution in [0.5, 0.6) is 0 Å². The quantitative estimate of drug-likeness (QED) is 0.155. The molecule has 4 fully saturated rings. The molecule has 4 aliphatic carbocycles. The van der Waals surface area contributed by atoms with Crippen molar-refractivity contribution >= 4 is 52.7 Å². The van der Waals surface area contributed by atoms with Crippen molar-refractivity contribution in [3.05, 3.63) is 140 Å². The van der Waals surface area contributed by atoms with Crippen molar-refractivity contribution in [2.75, 3.05) is 0 Å². The fourth-order valence-corrected chi connectivity index (χ4v) is 11.4. The lowest BCUT2D eigenvalue weighted by atomic mass is 9.98. The summed E-state index contributed by atoms with van der Waals surface area (Å²) in [5.41, 5.74) is 4.30. The molecule has 4 saturated carbocycles. The molecule has 6 aliphatic rings. The molecule has 304 valence electrons. The van der Waals surface area contributed by atoms with Gasteiger partial charge in [-0.2, -0.15) is 0 Å². The molecule has 0 radical (unpaired) electrons. The average Bonchev–Trinajstić information content (AvgIpc) is 3.75. The van der Waals surface area contributed by atoms with Gasteiger partial charge in [-0.1, -0.05) is 67.4 Å². The zero-order valence-corrected chi connectivity index (χ0v) is 34.7. The van der Waals surface area contributed by atoms with Crippen LogP contribution in [0.4, 0.5) is 0 Å². The van der Waals surface area contributed by atoms with Crippen LogP contribution in [0.3, 0.4) is 0 Å². The standard InChI is InChI=1S/C24H23ClN2O3.C24H25ClN2O2/c1-2-20(26-22(28)13-7-9-14(25)10-8-13)21-18-11-15(12-19(18)21)27-23(29)16-5-3-4-6-17(16)24(27)30;1-2-21(26-23(28)14-7-9-16(25)10-8-14)22-19-11-17(12-20(19)22)27-13-15-5-3-4-6-18(15)24(27)29/h3-10,15,18-21H,2,11-12H2,1H3,(H,26,28);3-10,17,19-22H,2,11-13H2,1H3,(H,26,28)/t15?,18-,19+,20?,21?;17?,19-,20+,21?,22?. The number of carbonyl (C=O) groups excluding carboxylic acids is 5. The second kappa shape index (κ2) is 15.9. The first-order chi connectivity index (χ1) is 28.6. The monoisotopic (exact) mass is 830 g/mol. The van der Waals surface area contributed by atoms with E-state index in [1.165, 1.54) is 4.90 Å². The topological polar surface area (TPSA) is 116 Å². The number of carbonyl (C=O) groups is 5. The fourth-order valence-electron chi connectivity index (χ4n) is 11.1. The van der Waals surface area contributed by atoms with Gasteiger partial charge in [0, 0.05) is 57.4 Å². The highest BCUT2D eigenvalue weighted by Crippen LogP contribution is 2.62. The molecule has 9 nitrogen and oxygen atoms in total. The third-order valence-electron chi connectivity index (χ3n) is 14.1. The number of halogens is 2. The van der Waals surface area contributed by atoms with Crippen molar-refractivity contribution in [1.82, 2.24) is 20.4 Å². The summed E-state index contributed by atoms with van der Waals surface area (Å²) in [6, 6.07) is 29.5. The molecule has 10 atom stereocenters. The number of benzene rings is 4. The van der Waals surface area contributed by atoms with Crippen LogP contribution in [0.25, 0.3) is 0 Å². The van der Waals surface area contributed by atoms with Crippen molar-refractivity contribution in [2.24, 2.45) is 35.5 Å². The summed E-state index contributed by atoms with van der Waals surface area (Å²) in [5, 5.41) is 7.66. The Morgan fingerprint density at radius 3 is 1.41 bits per heavy atom. The number of rotatable bonds is 10. The number of hydrogen-bond donors (Lipinski definition) is 2. The van der Waals surface area contributed by atoms with E-state index in [9.17, 15) is 24.0 Å². The van der Waals surface area contributed by atoms with Crippen LogP contribution >= 0.6 is 23.2 Å². The fraction of sp³-hybridized carbons (Fsp3) is 0.396. The molecule has 5 amide bonds. The number of nitrogens with zero attached hydrogens (tertiary/aromatic N) is 2. The molecule has 0 saturated heterocycles. The Morgan fingerprint density at radius 1 is 0.576 bits per heavy atom. The molecule has 0 aromatic heterocycles. The first kappa shape index (κ1) is 39.5. The van der Waals surface area contributed by atoms with Gasteiger partial charge in [0.25, 0.3) is 29.5 Å². The number of amides is 5. The Balaban J connectivity index is 0.000000152. The maximum Gasteiger partial charge on any atom is 0.261 e. The van der Waals surface area contributed by atoms with Crippen LogP contribution in [-0.2, 0) is 6.54 Å². The molecular weight excluding hydrogens is 783 g/mol. The molecule has 4 aromatic rings. The van der Waals surface area contributed by atoms with E-state index >= 15 is 0 Å². The molecule has 2 heterocycles. The summed E-state index contributed by atoms with van der Waals surface area (Å²) < 4.78 is 0. The Hall–Kier alpha value is -4.99. The summed E-state index contributed by atoms with van der Waals surface area (Å²) >= 11 is 11.8. The SMILES string of the molecule is CCC(NC(=O)c1ccc(Cl)cc1)C1[C@H]2CC(N3C(=O)c4ccccc4C3=O)C[C@@H]12.CCC(NC(=O)c1ccc(Cl)cc1)C1[C@H]2CC(N3Cc4ccccc4C3=O)C[C@@H]12. The van der Waals surface area contributed by atoms with Crippen molar-refractivity contribution in [3.63, 3.8) is 0 Å². The normalized spacial score (nSPS) is 27.8. The predicted octanol–water partition coefficient (Wildman–Crippen LogP) is 8.70. The van der Waals surface area contributed by atoms with E-state index in [-0.39, 0.29) is 47.7 Å². The maximum atomic E-state index is 12.8. The predicted molar refractivity (Wildman–Crippen MR) is 226 cm³/mol. The van der Waals surface area contributed by atoms with E-state index in [1.54, 1.807) is 72.8 Å². The molecule has 2 aliphatic heterocycles. The average molecular weight is 832 g/mol. The summed E-state index contributed by atoms with van der Waals surface area (Å²) in [7, 11) is 0. The third-order valence-corrected chi connectivity index (χ3v) is 14.6. The van der Waals surface area contributed by atoms with Gasteiger partial charge in [-0.3, -0.25) is 28.9 Å². The minimum absolute atomic E-state index is 0.0276. The van der Waals surface area contributed by atoms with Crippen molar-refractivity contribution in [1.29, 1.82) is 0 Å². The van der Waals surface area contributed by atoms with Crippen LogP contribution in [0.15, 0.2) is 97.1 Å². The highest BCUT2D eigenvalue weighted by atomic mass is 35.5. The number of imide groups is 1. The van der Waals surface area contributed by atoms with Crippen LogP contribution in [0.1, 0.15) is 110 Å². The first-order valence-corrected chi connectivity index (χ1v) is 21.8. The lowest BCUT2D eigenvalue weighted by Gasteiger charge is -2.28. The number of fused-ring (bicyclic) bond motifs is 4. The van der Waals surface area contributed by atoms with E-state index < -0.39 is 0 Å². The van der Waals surface area contributed by atoms with Gasteiger partial charge in [0.2, 0.25) is 0 Å². The number of hydrogen-bond acceptors (Lipinski definition) is 5. The van der Waals surface area contributed by atoms with E-state index in [1.807, 2.05) is 18.2 Å². The van der Waals surface area contributed by atoms with Gasteiger partial charge in [0.1, 0.15) is 0 Å². The smallest absolute Gasteiger partial charge is 0.261 e. The summed E-state index contributed by atoms with van der Waals surface area (Å²) in [6.07, 6.45) is 5.55. The van der Waals surface area contributed by atoms with Gasteiger partial charge in [-0.15, -0.1) is 0 Å². The first-order valence-electron chi connectivity index (χ1n) is 21.0. The molecule has 0 bridgehead atoms. The Labute approximate surface area is 354 Å². The summed E-state index contributed by atoms with van der Waals surface area (Å²) in [4.78, 5) is 67.0. The largest absolute Gasteiger partial charge is 0.349 e. The Morgan fingerprint density at radius 2 is 0.983 bits per heavy atom. The molecule has 4 aromatic carbocycles. The van der Waals surface area contributed by atoms with Crippen LogP contribution in [-0.4, -0.2) is 63.5 Å². The molecule has 59 heavy (non-hydrogen) atoms. The van der Waals surface area contributed by atoms with E-state index in [0.717, 1.165) is 56.2 Å². The zero-order valence-electron chi connectivity index (χ0n) is 33.2. The Bertz CT molecular complexity index is 2260. The van der Waals surface area contributed by atoms with Gasteiger partial charge < -0.3 is 15.5 Å². The summed E-state index contributed by atoms with van der Waals surface area (Å²) in [6.45, 7) is 4.97.